The molecule has 2 aromatic carbocycles. The highest BCUT2D eigenvalue weighted by molar-refractivity contribution is 5.94. The summed E-state index contributed by atoms with van der Waals surface area (Å²) in [4.78, 5) is 15.7. The first-order valence-corrected chi connectivity index (χ1v) is 11.6. The second-order valence-corrected chi connectivity index (χ2v) is 8.62. The number of rotatable bonds is 7. The third kappa shape index (κ3) is 4.02. The SMILES string of the molecule is COc1ccc(C(CNC(=O)c2nn(-c3ccccc3)c3c2CCC3)N2CCCC2)cc1. The molecule has 0 saturated carbocycles. The van der Waals surface area contributed by atoms with Crippen LogP contribution < -0.4 is 10.1 Å². The van der Waals surface area contributed by atoms with Crippen molar-refractivity contribution in [2.75, 3.05) is 26.7 Å². The van der Waals surface area contributed by atoms with E-state index >= 15 is 0 Å². The lowest BCUT2D eigenvalue weighted by atomic mass is 10.0. The monoisotopic (exact) mass is 430 g/mol. The lowest BCUT2D eigenvalue weighted by Gasteiger charge is -2.28. The molecule has 6 nitrogen and oxygen atoms in total. The number of nitrogens with zero attached hydrogens (tertiary/aromatic N) is 3. The van der Waals surface area contributed by atoms with Gasteiger partial charge < -0.3 is 10.1 Å². The third-order valence-corrected chi connectivity index (χ3v) is 6.68. The van der Waals surface area contributed by atoms with Crippen LogP contribution in [-0.4, -0.2) is 47.3 Å². The first-order chi connectivity index (χ1) is 15.7. The minimum atomic E-state index is -0.0736. The maximum atomic E-state index is 13.3. The topological polar surface area (TPSA) is 59.4 Å². The van der Waals surface area contributed by atoms with Crippen molar-refractivity contribution < 1.29 is 9.53 Å². The van der Waals surface area contributed by atoms with Gasteiger partial charge in [0.2, 0.25) is 0 Å². The maximum absolute atomic E-state index is 13.3. The summed E-state index contributed by atoms with van der Waals surface area (Å²) in [5.74, 6) is 0.774. The van der Waals surface area contributed by atoms with E-state index in [9.17, 15) is 4.79 Å². The van der Waals surface area contributed by atoms with Crippen LogP contribution in [0, 0.1) is 0 Å². The van der Waals surface area contributed by atoms with Crippen LogP contribution in [0.2, 0.25) is 0 Å². The summed E-state index contributed by atoms with van der Waals surface area (Å²) in [7, 11) is 1.68. The summed E-state index contributed by atoms with van der Waals surface area (Å²) in [5.41, 5.74) is 5.07. The van der Waals surface area contributed by atoms with Crippen molar-refractivity contribution in [2.45, 2.75) is 38.1 Å². The second-order valence-electron chi connectivity index (χ2n) is 8.62. The number of benzene rings is 2. The molecule has 0 bridgehead atoms. The number of amides is 1. The van der Waals surface area contributed by atoms with Crippen molar-refractivity contribution in [3.63, 3.8) is 0 Å². The van der Waals surface area contributed by atoms with Crippen molar-refractivity contribution in [3.8, 4) is 11.4 Å². The fourth-order valence-corrected chi connectivity index (χ4v) is 5.01. The van der Waals surface area contributed by atoms with E-state index in [0.29, 0.717) is 12.2 Å². The quantitative estimate of drug-likeness (QED) is 0.617. The highest BCUT2D eigenvalue weighted by Crippen LogP contribution is 2.29. The number of fused-ring (bicyclic) bond motifs is 1. The molecule has 0 radical (unpaired) electrons. The molecule has 2 aliphatic rings. The number of para-hydroxylation sites is 1. The molecule has 1 aromatic heterocycles. The molecule has 1 aliphatic heterocycles. The van der Waals surface area contributed by atoms with Crippen molar-refractivity contribution in [3.05, 3.63) is 77.1 Å². The Morgan fingerprint density at radius 2 is 1.78 bits per heavy atom. The van der Waals surface area contributed by atoms with Crippen LogP contribution in [0.5, 0.6) is 5.75 Å². The summed E-state index contributed by atoms with van der Waals surface area (Å²) in [6.07, 6.45) is 5.36. The first-order valence-electron chi connectivity index (χ1n) is 11.6. The van der Waals surface area contributed by atoms with E-state index < -0.39 is 0 Å². The molecule has 1 saturated heterocycles. The molecule has 2 heterocycles. The van der Waals surface area contributed by atoms with Gasteiger partial charge in [0.1, 0.15) is 5.75 Å². The van der Waals surface area contributed by atoms with E-state index in [1.807, 2.05) is 47.1 Å². The third-order valence-electron chi connectivity index (χ3n) is 6.68. The molecule has 1 unspecified atom stereocenters. The zero-order valence-electron chi connectivity index (χ0n) is 18.6. The van der Waals surface area contributed by atoms with Crippen LogP contribution in [0.1, 0.15) is 52.6 Å². The Morgan fingerprint density at radius 3 is 2.50 bits per heavy atom. The van der Waals surface area contributed by atoms with Gasteiger partial charge in [-0.3, -0.25) is 9.69 Å². The van der Waals surface area contributed by atoms with Crippen molar-refractivity contribution in [2.24, 2.45) is 0 Å². The Hall–Kier alpha value is -3.12. The zero-order valence-corrected chi connectivity index (χ0v) is 18.6. The predicted molar refractivity (Wildman–Crippen MR) is 124 cm³/mol. The second kappa shape index (κ2) is 9.17. The largest absolute Gasteiger partial charge is 0.497 e. The number of methoxy groups -OCH3 is 1. The number of hydrogen-bond acceptors (Lipinski definition) is 4. The lowest BCUT2D eigenvalue weighted by Crippen LogP contribution is -2.37. The number of hydrogen-bond donors (Lipinski definition) is 1. The summed E-state index contributed by atoms with van der Waals surface area (Å²) in [6.45, 7) is 2.69. The van der Waals surface area contributed by atoms with E-state index in [4.69, 9.17) is 9.84 Å². The Labute approximate surface area is 189 Å². The van der Waals surface area contributed by atoms with Gasteiger partial charge in [-0.05, 0) is 75.0 Å². The number of carbonyl (C=O) groups is 1. The first kappa shape index (κ1) is 20.8. The molecule has 1 N–H and O–H groups in total. The average molecular weight is 431 g/mol. The molecule has 0 spiro atoms. The summed E-state index contributed by atoms with van der Waals surface area (Å²) < 4.78 is 7.27. The Kier molecular flexibility index (Phi) is 5.95. The summed E-state index contributed by atoms with van der Waals surface area (Å²) in [5, 5.41) is 7.96. The van der Waals surface area contributed by atoms with Crippen molar-refractivity contribution in [1.29, 1.82) is 0 Å². The van der Waals surface area contributed by atoms with Gasteiger partial charge in [0.15, 0.2) is 5.69 Å². The van der Waals surface area contributed by atoms with Crippen molar-refractivity contribution >= 4 is 5.91 Å². The van der Waals surface area contributed by atoms with E-state index in [1.165, 1.54) is 24.1 Å². The molecular formula is C26H30N4O2. The molecule has 3 aromatic rings. The van der Waals surface area contributed by atoms with Gasteiger partial charge in [0, 0.05) is 17.8 Å². The predicted octanol–water partition coefficient (Wildman–Crippen LogP) is 3.94. The van der Waals surface area contributed by atoms with Gasteiger partial charge in [0.05, 0.1) is 18.8 Å². The number of nitrogens with one attached hydrogen (secondary N) is 1. The van der Waals surface area contributed by atoms with Gasteiger partial charge in [-0.1, -0.05) is 30.3 Å². The number of carbonyl (C=O) groups excluding carboxylic acids is 1. The molecule has 32 heavy (non-hydrogen) atoms. The number of likely N-dealkylation sites (tertiary alicyclic amines) is 1. The minimum absolute atomic E-state index is 0.0736. The molecule has 166 valence electrons. The zero-order chi connectivity index (χ0) is 21.9. The van der Waals surface area contributed by atoms with E-state index in [0.717, 1.165) is 49.4 Å². The van der Waals surface area contributed by atoms with Gasteiger partial charge in [-0.25, -0.2) is 4.68 Å². The van der Waals surface area contributed by atoms with E-state index in [-0.39, 0.29) is 11.9 Å². The molecule has 1 fully saturated rings. The van der Waals surface area contributed by atoms with Crippen LogP contribution >= 0.6 is 0 Å². The van der Waals surface area contributed by atoms with E-state index in [2.05, 4.69) is 22.3 Å². The molecule has 1 atom stereocenters. The van der Waals surface area contributed by atoms with Gasteiger partial charge in [0.25, 0.3) is 5.91 Å². The number of aromatic nitrogens is 2. The van der Waals surface area contributed by atoms with Crippen LogP contribution in [0.15, 0.2) is 54.6 Å². The normalized spacial score (nSPS) is 16.7. The fraction of sp³-hybridized carbons (Fsp3) is 0.385. The Bertz CT molecular complexity index is 1070. The maximum Gasteiger partial charge on any atom is 0.272 e. The molecule has 6 heteroatoms. The van der Waals surface area contributed by atoms with Gasteiger partial charge in [-0.15, -0.1) is 0 Å². The lowest BCUT2D eigenvalue weighted by molar-refractivity contribution is 0.0931. The average Bonchev–Trinajstić information content (AvgIpc) is 3.59. The highest BCUT2D eigenvalue weighted by Gasteiger charge is 2.29. The van der Waals surface area contributed by atoms with Crippen LogP contribution in [0.4, 0.5) is 0 Å². The molecule has 1 amide bonds. The van der Waals surface area contributed by atoms with Crippen LogP contribution in [0.3, 0.4) is 0 Å². The molecule has 1 aliphatic carbocycles. The fourth-order valence-electron chi connectivity index (χ4n) is 5.01. The summed E-state index contributed by atoms with van der Waals surface area (Å²) >= 11 is 0. The Balaban J connectivity index is 1.37. The summed E-state index contributed by atoms with van der Waals surface area (Å²) in [6, 6.07) is 18.5. The molecule has 5 rings (SSSR count). The standard InChI is InChI=1S/C26H30N4O2/c1-32-21-14-12-19(13-15-21)24(29-16-5-6-17-29)18-27-26(31)25-22-10-7-11-23(22)30(28-25)20-8-3-2-4-9-20/h2-4,8-9,12-15,24H,5-7,10-11,16-18H2,1H3,(H,27,31). The van der Waals surface area contributed by atoms with E-state index in [1.54, 1.807) is 7.11 Å². The highest BCUT2D eigenvalue weighted by atomic mass is 16.5. The molecular weight excluding hydrogens is 400 g/mol. The van der Waals surface area contributed by atoms with Crippen LogP contribution in [-0.2, 0) is 12.8 Å². The minimum Gasteiger partial charge on any atom is -0.497 e. The Morgan fingerprint density at radius 1 is 1.03 bits per heavy atom. The van der Waals surface area contributed by atoms with Crippen molar-refractivity contribution in [1.82, 2.24) is 20.0 Å². The van der Waals surface area contributed by atoms with Crippen LogP contribution in [0.25, 0.3) is 5.69 Å². The number of ether oxygens (including phenoxy) is 1. The van der Waals surface area contributed by atoms with Gasteiger partial charge in [-0.2, -0.15) is 5.10 Å². The van der Waals surface area contributed by atoms with Gasteiger partial charge >= 0.3 is 0 Å². The smallest absolute Gasteiger partial charge is 0.272 e.